The monoisotopic (exact) mass is 253 g/mol. The lowest BCUT2D eigenvalue weighted by Crippen LogP contribution is -2.39. The zero-order chi connectivity index (χ0) is 12.8. The number of hydrogen-bond acceptors (Lipinski definition) is 0. The molecule has 0 aromatic heterocycles. The highest BCUT2D eigenvalue weighted by Crippen LogP contribution is 2.16. The van der Waals surface area contributed by atoms with E-state index in [2.05, 4.69) is 51.4 Å². The van der Waals surface area contributed by atoms with E-state index in [9.17, 15) is 14.1 Å². The third-order valence-corrected chi connectivity index (χ3v) is 2.25. The molecule has 0 spiro atoms. The van der Waals surface area contributed by atoms with Crippen molar-refractivity contribution < 1.29 is 14.1 Å². The van der Waals surface area contributed by atoms with Crippen LogP contribution in [0.5, 0.6) is 0 Å². The van der Waals surface area contributed by atoms with Crippen molar-refractivity contribution in [2.75, 3.05) is 20.6 Å². The van der Waals surface area contributed by atoms with E-state index in [0.29, 0.717) is 0 Å². The smallest absolute Gasteiger partial charge is 0.510 e. The summed E-state index contributed by atoms with van der Waals surface area (Å²) in [6.07, 6.45) is 0. The van der Waals surface area contributed by atoms with Crippen LogP contribution in [0.2, 0.25) is 0 Å². The van der Waals surface area contributed by atoms with Crippen LogP contribution in [0.4, 0.5) is 19.8 Å². The fourth-order valence-corrected chi connectivity index (χ4v) is 1.01. The first kappa shape index (κ1) is 15.4. The molecule has 0 unspecified atom stereocenters. The van der Waals surface area contributed by atoms with Crippen molar-refractivity contribution >= 4 is 20.6 Å². The minimum absolute atomic E-state index is 0.959. The number of halogens is 4. The number of para-hydroxylation sites is 1. The second-order valence-corrected chi connectivity index (χ2v) is 4.82. The van der Waals surface area contributed by atoms with Gasteiger partial charge in [-0.1, -0.05) is 18.2 Å². The van der Waals surface area contributed by atoms with Gasteiger partial charge in [0.05, 0.1) is 20.6 Å². The number of quaternary nitrogens is 1. The van der Waals surface area contributed by atoms with Gasteiger partial charge in [-0.2, -0.15) is 0 Å². The lowest BCUT2D eigenvalue weighted by Gasteiger charge is -2.27. The fraction of sp³-hybridized carbons (Fsp3) is 0.400. The van der Waals surface area contributed by atoms with E-state index in [1.165, 1.54) is 5.69 Å². The zero-order valence-electron chi connectivity index (χ0n) is 9.63. The molecule has 16 heavy (non-hydrogen) atoms. The van der Waals surface area contributed by atoms with E-state index in [1.807, 2.05) is 0 Å². The molecule has 6 heteroatoms. The topological polar surface area (TPSA) is 0 Å². The van der Waals surface area contributed by atoms with E-state index in [0.717, 1.165) is 11.0 Å². The molecule has 0 atom stereocenters. The van der Waals surface area contributed by atoms with Crippen molar-refractivity contribution in [3.8, 4) is 0 Å². The van der Waals surface area contributed by atoms with Crippen molar-refractivity contribution in [1.29, 1.82) is 0 Å². The van der Waals surface area contributed by atoms with Gasteiger partial charge in [0, 0.05) is 0 Å². The Morgan fingerprint density at radius 1 is 1.00 bits per heavy atom. The maximum Gasteiger partial charge on any atom is 1.04 e. The molecule has 0 amide bonds. The van der Waals surface area contributed by atoms with Crippen LogP contribution in [0, 0.1) is 0 Å². The number of benzene rings is 1. The van der Waals surface area contributed by atoms with E-state index in [1.54, 1.807) is 0 Å². The Bertz CT molecular complexity index is 291. The van der Waals surface area contributed by atoms with Gasteiger partial charge in [-0.05, 0) is 19.1 Å². The molecule has 92 valence electrons. The summed E-state index contributed by atoms with van der Waals surface area (Å²) in [6.45, 7) is 3.33. The van der Waals surface area contributed by atoms with E-state index < -0.39 is 14.9 Å². The SMILES string of the molecule is CC[N+](C)(C)c1ccccc1.[F][Al-]([F])([F])[F]. The second-order valence-electron chi connectivity index (χ2n) is 3.83. The first-order chi connectivity index (χ1) is 7.17. The Morgan fingerprint density at radius 2 is 1.38 bits per heavy atom. The number of nitrogens with zero attached hydrogens (tertiary/aromatic N) is 1. The predicted octanol–water partition coefficient (Wildman–Crippen LogP) is 3.57. The summed E-state index contributed by atoms with van der Waals surface area (Å²) in [7, 11) is 4.44. The summed E-state index contributed by atoms with van der Waals surface area (Å²) in [5.74, 6) is 0. The van der Waals surface area contributed by atoms with Gasteiger partial charge in [0.15, 0.2) is 0 Å². The van der Waals surface area contributed by atoms with Crippen LogP contribution in [0.3, 0.4) is 0 Å². The molecular formula is C10H16AlF4N. The van der Waals surface area contributed by atoms with Crippen molar-refractivity contribution in [1.82, 2.24) is 4.48 Å². The van der Waals surface area contributed by atoms with Crippen LogP contribution >= 0.6 is 0 Å². The Hall–Kier alpha value is -0.568. The third kappa shape index (κ3) is 7.69. The largest absolute Gasteiger partial charge is 1.04 e. The summed E-state index contributed by atoms with van der Waals surface area (Å²) in [6, 6.07) is 10.6. The maximum atomic E-state index is 9.85. The summed E-state index contributed by atoms with van der Waals surface area (Å²) < 4.78 is 40.4. The average Bonchev–Trinajstić information content (AvgIpc) is 2.17. The van der Waals surface area contributed by atoms with Crippen molar-refractivity contribution in [3.05, 3.63) is 30.3 Å². The van der Waals surface area contributed by atoms with Gasteiger partial charge in [0.25, 0.3) is 0 Å². The molecule has 0 fully saturated rings. The Labute approximate surface area is 97.5 Å². The van der Waals surface area contributed by atoms with Crippen LogP contribution in [0.15, 0.2) is 30.3 Å². The second kappa shape index (κ2) is 6.24. The van der Waals surface area contributed by atoms with Gasteiger partial charge in [0.2, 0.25) is 0 Å². The minimum atomic E-state index is -6.83. The number of hydrogen-bond donors (Lipinski definition) is 0. The highest BCUT2D eigenvalue weighted by atomic mass is 27.5. The summed E-state index contributed by atoms with van der Waals surface area (Å²) >= 11 is -6.83. The first-order valence-electron chi connectivity index (χ1n) is 4.92. The molecule has 0 saturated carbocycles. The molecule has 1 nitrogen and oxygen atoms in total. The van der Waals surface area contributed by atoms with Gasteiger partial charge in [-0.3, -0.25) is 4.48 Å². The normalized spacial score (nSPS) is 11.7. The molecule has 0 saturated heterocycles. The molecule has 1 aromatic rings. The Morgan fingerprint density at radius 3 is 1.69 bits per heavy atom. The standard InChI is InChI=1S/C10H16N.Al.4FH/c1-4-11(2,3)10-8-6-5-7-9-10;;;;;/h5-9H,4H2,1-3H3;;4*1H/q+1;+3;;;;/p-4. The number of rotatable bonds is 2. The molecule has 0 heterocycles. The molecule has 0 bridgehead atoms. The zero-order valence-corrected chi connectivity index (χ0v) is 10.8. The lowest BCUT2D eigenvalue weighted by atomic mass is 10.2. The summed E-state index contributed by atoms with van der Waals surface area (Å²) in [4.78, 5) is 0. The molecule has 0 radical (unpaired) electrons. The Kier molecular flexibility index (Phi) is 6.02. The van der Waals surface area contributed by atoms with Crippen molar-refractivity contribution in [2.24, 2.45) is 0 Å². The third-order valence-electron chi connectivity index (χ3n) is 2.25. The van der Waals surface area contributed by atoms with E-state index in [4.69, 9.17) is 0 Å². The molecular weight excluding hydrogens is 237 g/mol. The predicted molar refractivity (Wildman–Crippen MR) is 60.8 cm³/mol. The summed E-state index contributed by atoms with van der Waals surface area (Å²) in [5.41, 5.74) is 1.37. The molecule has 0 N–H and O–H groups in total. The fourth-order valence-electron chi connectivity index (χ4n) is 1.01. The van der Waals surface area contributed by atoms with Crippen LogP contribution in [0.1, 0.15) is 6.92 Å². The van der Waals surface area contributed by atoms with Crippen LogP contribution < -0.4 is 4.48 Å². The quantitative estimate of drug-likeness (QED) is 0.429. The van der Waals surface area contributed by atoms with Gasteiger partial charge >= 0.3 is 14.9 Å². The van der Waals surface area contributed by atoms with Crippen LogP contribution in [0.25, 0.3) is 0 Å². The van der Waals surface area contributed by atoms with Crippen LogP contribution in [-0.4, -0.2) is 35.6 Å². The minimum Gasteiger partial charge on any atom is -0.510 e. The lowest BCUT2D eigenvalue weighted by molar-refractivity contribution is 0.368. The van der Waals surface area contributed by atoms with E-state index in [-0.39, 0.29) is 0 Å². The average molecular weight is 253 g/mol. The first-order valence-corrected chi connectivity index (χ1v) is 6.67. The Balaban J connectivity index is 0.000000385. The maximum absolute atomic E-state index is 9.85. The molecule has 1 rings (SSSR count). The van der Waals surface area contributed by atoms with Gasteiger partial charge in [0.1, 0.15) is 5.69 Å². The van der Waals surface area contributed by atoms with Gasteiger partial charge in [-0.25, -0.2) is 0 Å². The van der Waals surface area contributed by atoms with Crippen LogP contribution in [-0.2, 0) is 0 Å². The highest BCUT2D eigenvalue weighted by molar-refractivity contribution is 6.50. The molecule has 1 aromatic carbocycles. The highest BCUT2D eigenvalue weighted by Gasteiger charge is 2.41. The molecule has 0 aliphatic carbocycles. The van der Waals surface area contributed by atoms with Crippen molar-refractivity contribution in [2.45, 2.75) is 6.92 Å². The van der Waals surface area contributed by atoms with E-state index >= 15 is 0 Å². The van der Waals surface area contributed by atoms with Gasteiger partial charge < -0.3 is 14.1 Å². The van der Waals surface area contributed by atoms with Crippen molar-refractivity contribution in [3.63, 3.8) is 0 Å². The molecule has 0 aliphatic rings. The summed E-state index contributed by atoms with van der Waals surface area (Å²) in [5, 5.41) is 0. The molecule has 0 aliphatic heterocycles. The van der Waals surface area contributed by atoms with Gasteiger partial charge in [-0.15, -0.1) is 0 Å².